The summed E-state index contributed by atoms with van der Waals surface area (Å²) in [5.74, 6) is -0.900. The number of nitrogens with zero attached hydrogens (tertiary/aromatic N) is 1. The Kier molecular flexibility index (Phi) is 4.30. The van der Waals surface area contributed by atoms with E-state index in [-0.39, 0.29) is 18.9 Å². The maximum absolute atomic E-state index is 13.3. The molecule has 2 heterocycles. The van der Waals surface area contributed by atoms with Gasteiger partial charge in [-0.05, 0) is 31.9 Å². The van der Waals surface area contributed by atoms with Crippen LogP contribution in [-0.2, 0) is 14.3 Å². The van der Waals surface area contributed by atoms with Crippen LogP contribution in [0.3, 0.4) is 0 Å². The zero-order chi connectivity index (χ0) is 19.2. The van der Waals surface area contributed by atoms with Crippen LogP contribution in [0.1, 0.15) is 36.5 Å². The fourth-order valence-corrected chi connectivity index (χ4v) is 4.71. The van der Waals surface area contributed by atoms with Crippen molar-refractivity contribution in [2.24, 2.45) is 0 Å². The number of likely N-dealkylation sites (tertiary alicyclic amines) is 1. The molecule has 0 aromatic heterocycles. The molecule has 0 bridgehead atoms. The van der Waals surface area contributed by atoms with Gasteiger partial charge in [-0.3, -0.25) is 4.79 Å². The van der Waals surface area contributed by atoms with Crippen LogP contribution in [-0.4, -0.2) is 64.4 Å². The first-order chi connectivity index (χ1) is 13.0. The van der Waals surface area contributed by atoms with E-state index in [1.54, 1.807) is 37.3 Å². The highest BCUT2D eigenvalue weighted by molar-refractivity contribution is 5.98. The number of rotatable bonds is 3. The van der Waals surface area contributed by atoms with Gasteiger partial charge in [0.25, 0.3) is 5.91 Å². The first-order valence-corrected chi connectivity index (χ1v) is 9.20. The van der Waals surface area contributed by atoms with Crippen LogP contribution in [0.25, 0.3) is 0 Å². The van der Waals surface area contributed by atoms with E-state index in [1.165, 1.54) is 4.90 Å². The molecule has 2 aliphatic heterocycles. The average Bonchev–Trinajstić information content (AvgIpc) is 3.09. The zero-order valence-corrected chi connectivity index (χ0v) is 15.0. The van der Waals surface area contributed by atoms with E-state index in [2.05, 4.69) is 5.32 Å². The van der Waals surface area contributed by atoms with Crippen LogP contribution >= 0.6 is 0 Å². The zero-order valence-electron chi connectivity index (χ0n) is 15.0. The van der Waals surface area contributed by atoms with Crippen LogP contribution in [0.15, 0.2) is 30.3 Å². The Morgan fingerprint density at radius 1 is 1.33 bits per heavy atom. The summed E-state index contributed by atoms with van der Waals surface area (Å²) in [7, 11) is 0. The standard InChI is InChI=1S/C19H22N2O6/c1-2-26-17(24)14-15-19(27-18(25)20-15)10-12(22)8-9-13(19)21(14)16(23)11-6-4-3-5-7-11/h3-7,12-15,22H,2,8-10H2,1H3,(H,20,25)/t12-,13-,14-,15+,19-/m1/s1. The minimum Gasteiger partial charge on any atom is -0.464 e. The van der Waals surface area contributed by atoms with Crippen LogP contribution in [0.4, 0.5) is 4.79 Å². The monoisotopic (exact) mass is 374 g/mol. The summed E-state index contributed by atoms with van der Waals surface area (Å²) in [5, 5.41) is 12.9. The van der Waals surface area contributed by atoms with E-state index in [0.717, 1.165) is 0 Å². The second-order valence-electron chi connectivity index (χ2n) is 7.19. The van der Waals surface area contributed by atoms with E-state index < -0.39 is 41.9 Å². The number of hydrogen-bond donors (Lipinski definition) is 2. The molecule has 0 radical (unpaired) electrons. The number of alkyl carbamates (subject to hydrolysis) is 1. The van der Waals surface area contributed by atoms with Gasteiger partial charge >= 0.3 is 12.1 Å². The second-order valence-corrected chi connectivity index (χ2v) is 7.19. The average molecular weight is 374 g/mol. The van der Waals surface area contributed by atoms with Gasteiger partial charge in [-0.25, -0.2) is 9.59 Å². The molecule has 0 unspecified atom stereocenters. The highest BCUT2D eigenvalue weighted by atomic mass is 16.6. The quantitative estimate of drug-likeness (QED) is 0.760. The van der Waals surface area contributed by atoms with Gasteiger partial charge in [-0.1, -0.05) is 18.2 Å². The molecule has 1 aromatic rings. The van der Waals surface area contributed by atoms with Crippen molar-refractivity contribution < 1.29 is 29.0 Å². The van der Waals surface area contributed by atoms with Gasteiger partial charge in [0.15, 0.2) is 11.6 Å². The van der Waals surface area contributed by atoms with Crippen molar-refractivity contribution in [1.82, 2.24) is 10.2 Å². The van der Waals surface area contributed by atoms with Crippen molar-refractivity contribution in [2.75, 3.05) is 6.61 Å². The molecule has 4 rings (SSSR count). The van der Waals surface area contributed by atoms with E-state index in [9.17, 15) is 19.5 Å². The van der Waals surface area contributed by atoms with Gasteiger partial charge in [-0.15, -0.1) is 0 Å². The number of nitrogens with one attached hydrogen (secondary N) is 1. The van der Waals surface area contributed by atoms with Gasteiger partial charge in [0.1, 0.15) is 6.04 Å². The van der Waals surface area contributed by atoms with Crippen LogP contribution in [0.2, 0.25) is 0 Å². The first-order valence-electron chi connectivity index (χ1n) is 9.20. The predicted octanol–water partition coefficient (Wildman–Crippen LogP) is 0.835. The number of carbonyl (C=O) groups is 3. The number of hydrogen-bond acceptors (Lipinski definition) is 6. The van der Waals surface area contributed by atoms with E-state index in [0.29, 0.717) is 18.4 Å². The third-order valence-corrected chi connectivity index (χ3v) is 5.71. The second kappa shape index (κ2) is 6.53. The number of carbonyl (C=O) groups excluding carboxylic acids is 3. The lowest BCUT2D eigenvalue weighted by atomic mass is 9.76. The Labute approximate surface area is 156 Å². The molecule has 2 saturated heterocycles. The predicted molar refractivity (Wildman–Crippen MR) is 92.8 cm³/mol. The molecule has 8 heteroatoms. The van der Waals surface area contributed by atoms with E-state index in [4.69, 9.17) is 9.47 Å². The van der Waals surface area contributed by atoms with Crippen molar-refractivity contribution in [2.45, 2.75) is 56.0 Å². The van der Waals surface area contributed by atoms with Gasteiger partial charge in [0, 0.05) is 12.0 Å². The minimum atomic E-state index is -1.13. The van der Waals surface area contributed by atoms with Gasteiger partial charge in [0.05, 0.1) is 18.8 Å². The summed E-state index contributed by atoms with van der Waals surface area (Å²) < 4.78 is 10.8. The van der Waals surface area contributed by atoms with Crippen LogP contribution in [0.5, 0.6) is 0 Å². The Morgan fingerprint density at radius 3 is 2.78 bits per heavy atom. The first kappa shape index (κ1) is 17.8. The lowest BCUT2D eigenvalue weighted by Gasteiger charge is -2.40. The Morgan fingerprint density at radius 2 is 2.07 bits per heavy atom. The maximum atomic E-state index is 13.3. The third kappa shape index (κ3) is 2.66. The summed E-state index contributed by atoms with van der Waals surface area (Å²) in [6.45, 7) is 1.84. The number of benzene rings is 1. The smallest absolute Gasteiger partial charge is 0.408 e. The van der Waals surface area contributed by atoms with E-state index in [1.807, 2.05) is 0 Å². The molecular formula is C19H22N2O6. The molecule has 8 nitrogen and oxygen atoms in total. The van der Waals surface area contributed by atoms with Crippen molar-refractivity contribution in [3.63, 3.8) is 0 Å². The van der Waals surface area contributed by atoms with E-state index >= 15 is 0 Å². The Bertz CT molecular complexity index is 769. The van der Waals surface area contributed by atoms with Crippen molar-refractivity contribution in [1.29, 1.82) is 0 Å². The molecule has 1 aliphatic carbocycles. The largest absolute Gasteiger partial charge is 0.464 e. The fourth-order valence-electron chi connectivity index (χ4n) is 4.71. The highest BCUT2D eigenvalue weighted by Crippen LogP contribution is 2.49. The molecule has 3 aliphatic rings. The lowest BCUT2D eigenvalue weighted by molar-refractivity contribution is -0.148. The summed E-state index contributed by atoms with van der Waals surface area (Å²) in [6.07, 6.45) is -0.229. The summed E-state index contributed by atoms with van der Waals surface area (Å²) in [6, 6.07) is 6.41. The number of aliphatic hydroxyl groups is 1. The molecule has 2 N–H and O–H groups in total. The molecule has 144 valence electrons. The molecular weight excluding hydrogens is 352 g/mol. The van der Waals surface area contributed by atoms with Crippen LogP contribution < -0.4 is 5.32 Å². The maximum Gasteiger partial charge on any atom is 0.408 e. The minimum absolute atomic E-state index is 0.157. The van der Waals surface area contributed by atoms with Crippen molar-refractivity contribution in [3.05, 3.63) is 35.9 Å². The number of amides is 2. The summed E-state index contributed by atoms with van der Waals surface area (Å²) in [4.78, 5) is 39.6. The van der Waals surface area contributed by atoms with Gasteiger partial charge in [0.2, 0.25) is 0 Å². The van der Waals surface area contributed by atoms with Gasteiger partial charge in [-0.2, -0.15) is 0 Å². The lowest BCUT2D eigenvalue weighted by Crippen LogP contribution is -2.55. The third-order valence-electron chi connectivity index (χ3n) is 5.71. The molecule has 5 atom stereocenters. The van der Waals surface area contributed by atoms with Crippen molar-refractivity contribution >= 4 is 18.0 Å². The number of esters is 1. The summed E-state index contributed by atoms with van der Waals surface area (Å²) in [5.41, 5.74) is -0.684. The molecule has 1 saturated carbocycles. The van der Waals surface area contributed by atoms with Crippen molar-refractivity contribution in [3.8, 4) is 0 Å². The van der Waals surface area contributed by atoms with Gasteiger partial charge < -0.3 is 24.8 Å². The fraction of sp³-hybridized carbons (Fsp3) is 0.526. The summed E-state index contributed by atoms with van der Waals surface area (Å²) >= 11 is 0. The molecule has 1 aromatic carbocycles. The Hall–Kier alpha value is -2.61. The number of ether oxygens (including phenoxy) is 2. The highest BCUT2D eigenvalue weighted by Gasteiger charge is 2.70. The molecule has 2 amide bonds. The Balaban J connectivity index is 1.79. The van der Waals surface area contributed by atoms with Crippen LogP contribution in [0, 0.1) is 0 Å². The normalized spacial score (nSPS) is 34.3. The number of aliphatic hydroxyl groups excluding tert-OH is 1. The molecule has 1 spiro atoms. The topological polar surface area (TPSA) is 105 Å². The molecule has 27 heavy (non-hydrogen) atoms. The molecule has 3 fully saturated rings. The SMILES string of the molecule is CCOC(=O)[C@H]1[C@@H]2NC(=O)O[C@@]23C[C@H](O)CC[C@H]3N1C(=O)c1ccccc1.